The predicted octanol–water partition coefficient (Wildman–Crippen LogP) is 14.2. The van der Waals surface area contributed by atoms with Crippen LogP contribution in [0.2, 0.25) is 0 Å². The van der Waals surface area contributed by atoms with Crippen LogP contribution in [0.25, 0.3) is 0 Å². The zero-order valence-electron chi connectivity index (χ0n) is 38.1. The maximum Gasteiger partial charge on any atom is 0.306 e. The maximum absolute atomic E-state index is 13.1. The topological polar surface area (TPSA) is 95.9 Å². The van der Waals surface area contributed by atoms with Crippen molar-refractivity contribution in [1.82, 2.24) is 5.32 Å². The molecule has 0 aromatic rings. The molecule has 1 amide bonds. The molecule has 59 heavy (non-hydrogen) atoms. The van der Waals surface area contributed by atoms with Crippen molar-refractivity contribution in [3.8, 4) is 0 Å². The van der Waals surface area contributed by atoms with Gasteiger partial charge in [0.25, 0.3) is 0 Å². The largest absolute Gasteiger partial charge is 0.458 e. The van der Waals surface area contributed by atoms with E-state index in [-0.39, 0.29) is 24.9 Å². The van der Waals surface area contributed by atoms with E-state index in [1.165, 1.54) is 64.2 Å². The highest BCUT2D eigenvalue weighted by atomic mass is 16.5. The van der Waals surface area contributed by atoms with Gasteiger partial charge >= 0.3 is 5.97 Å². The van der Waals surface area contributed by atoms with Crippen molar-refractivity contribution in [2.75, 3.05) is 6.61 Å². The number of amides is 1. The minimum absolute atomic E-state index is 0.0595. The molecule has 6 heteroatoms. The third kappa shape index (κ3) is 41.3. The van der Waals surface area contributed by atoms with Crippen molar-refractivity contribution in [2.24, 2.45) is 0 Å². The second-order valence-corrected chi connectivity index (χ2v) is 15.8. The van der Waals surface area contributed by atoms with Crippen LogP contribution in [-0.4, -0.2) is 46.9 Å². The van der Waals surface area contributed by atoms with Crippen molar-refractivity contribution in [1.29, 1.82) is 0 Å². The lowest BCUT2D eigenvalue weighted by Gasteiger charge is -2.23. The van der Waals surface area contributed by atoms with Gasteiger partial charge < -0.3 is 20.3 Å². The van der Waals surface area contributed by atoms with Crippen LogP contribution in [0.5, 0.6) is 0 Å². The fourth-order valence-corrected chi connectivity index (χ4v) is 6.63. The number of rotatable bonds is 41. The summed E-state index contributed by atoms with van der Waals surface area (Å²) >= 11 is 0. The lowest BCUT2D eigenvalue weighted by atomic mass is 10.0. The van der Waals surface area contributed by atoms with Gasteiger partial charge in [0.1, 0.15) is 6.10 Å². The van der Waals surface area contributed by atoms with Gasteiger partial charge in [-0.3, -0.25) is 9.59 Å². The van der Waals surface area contributed by atoms with Crippen LogP contribution in [0.3, 0.4) is 0 Å². The summed E-state index contributed by atoms with van der Waals surface area (Å²) < 4.78 is 5.79. The number of esters is 1. The van der Waals surface area contributed by atoms with Gasteiger partial charge in [-0.2, -0.15) is 0 Å². The van der Waals surface area contributed by atoms with E-state index in [1.54, 1.807) is 6.08 Å². The van der Waals surface area contributed by atoms with Gasteiger partial charge in [0.15, 0.2) is 0 Å². The third-order valence-electron chi connectivity index (χ3n) is 10.2. The average Bonchev–Trinajstić information content (AvgIpc) is 3.23. The second kappa shape index (κ2) is 45.9. The zero-order valence-corrected chi connectivity index (χ0v) is 38.1. The molecule has 0 heterocycles. The van der Waals surface area contributed by atoms with Gasteiger partial charge in [-0.05, 0) is 70.3 Å². The van der Waals surface area contributed by atoms with Gasteiger partial charge in [-0.1, -0.05) is 215 Å². The lowest BCUT2D eigenvalue weighted by Crippen LogP contribution is -2.46. The number of carbonyl (C=O) groups excluding carboxylic acids is 2. The van der Waals surface area contributed by atoms with Gasteiger partial charge in [0.2, 0.25) is 5.91 Å². The molecule has 0 saturated carbocycles. The van der Waals surface area contributed by atoms with E-state index >= 15 is 0 Å². The van der Waals surface area contributed by atoms with Crippen molar-refractivity contribution in [3.63, 3.8) is 0 Å². The van der Waals surface area contributed by atoms with E-state index in [0.29, 0.717) is 19.3 Å². The number of nitrogens with one attached hydrogen (secondary N) is 1. The Hall–Kier alpha value is -3.22. The fourth-order valence-electron chi connectivity index (χ4n) is 6.63. The number of hydrogen-bond acceptors (Lipinski definition) is 5. The third-order valence-corrected chi connectivity index (χ3v) is 10.2. The summed E-state index contributed by atoms with van der Waals surface area (Å²) in [6, 6.07) is -0.751. The molecule has 3 atom stereocenters. The first-order valence-electron chi connectivity index (χ1n) is 24.0. The highest BCUT2D eigenvalue weighted by molar-refractivity contribution is 5.78. The molecule has 6 nitrogen and oxygen atoms in total. The predicted molar refractivity (Wildman–Crippen MR) is 254 cm³/mol. The molecule has 3 N–H and O–H groups in total. The quantitative estimate of drug-likeness (QED) is 0.0247. The molecule has 0 saturated heterocycles. The number of ether oxygens (including phenoxy) is 1. The average molecular weight is 820 g/mol. The summed E-state index contributed by atoms with van der Waals surface area (Å²) in [5, 5.41) is 23.6. The summed E-state index contributed by atoms with van der Waals surface area (Å²) in [6.45, 7) is 6.17. The Morgan fingerprint density at radius 1 is 0.542 bits per heavy atom. The normalized spacial score (nSPS) is 14.2. The first kappa shape index (κ1) is 55.8. The van der Waals surface area contributed by atoms with E-state index in [0.717, 1.165) is 89.9 Å². The first-order chi connectivity index (χ1) is 29.0. The van der Waals surface area contributed by atoms with Gasteiger partial charge in [-0.25, -0.2) is 0 Å². The summed E-state index contributed by atoms with van der Waals surface area (Å²) in [6.07, 6.45) is 60.7. The molecule has 0 bridgehead atoms. The molecule has 0 rings (SSSR count). The van der Waals surface area contributed by atoms with Crippen LogP contribution in [-0.2, 0) is 14.3 Å². The molecule has 3 unspecified atom stereocenters. The van der Waals surface area contributed by atoms with Gasteiger partial charge in [0, 0.05) is 6.42 Å². The lowest BCUT2D eigenvalue weighted by molar-refractivity contribution is -0.148. The van der Waals surface area contributed by atoms with E-state index in [1.807, 2.05) is 6.08 Å². The van der Waals surface area contributed by atoms with E-state index in [9.17, 15) is 19.8 Å². The van der Waals surface area contributed by atoms with Crippen molar-refractivity contribution in [2.45, 2.75) is 219 Å². The Morgan fingerprint density at radius 3 is 1.56 bits per heavy atom. The summed E-state index contributed by atoms with van der Waals surface area (Å²) in [4.78, 5) is 26.0. The van der Waals surface area contributed by atoms with Crippen LogP contribution in [0.1, 0.15) is 201 Å². The number of aliphatic hydroxyl groups is 2. The van der Waals surface area contributed by atoms with E-state index < -0.39 is 18.2 Å². The molecule has 336 valence electrons. The van der Waals surface area contributed by atoms with Crippen LogP contribution in [0, 0.1) is 0 Å². The number of hydrogen-bond donors (Lipinski definition) is 3. The molecule has 0 aliphatic carbocycles. The minimum Gasteiger partial charge on any atom is -0.458 e. The highest BCUT2D eigenvalue weighted by Crippen LogP contribution is 2.15. The molecule has 0 aliphatic heterocycles. The SMILES string of the molecule is CC/C=C/C=C/C=C\CCCCCCCC(=O)OC(/C=C/C/C=C/C/C=C/C/C=C/C/C=C/CC)CC(=O)NC(CO)C(O)CCCCCCCCCCCCCCC. The van der Waals surface area contributed by atoms with Gasteiger partial charge in [0.05, 0.1) is 25.2 Å². The minimum atomic E-state index is -0.827. The summed E-state index contributed by atoms with van der Waals surface area (Å²) in [7, 11) is 0. The molecule has 0 aromatic heterocycles. The van der Waals surface area contributed by atoms with Crippen LogP contribution in [0.15, 0.2) is 97.2 Å². The molecule has 0 aliphatic rings. The standard InChI is InChI=1S/C53H89NO5/c1-4-7-10-13-16-19-22-25-28-29-32-35-38-41-44-49(59-53(58)46-43-40-37-34-31-27-24-21-18-15-12-9-6-3)47-52(57)54-50(48-55)51(56)45-42-39-36-33-30-26-23-20-17-14-11-8-5-2/h7,9-10,12,15-16,18-19,21,24-25,28,32,35,41,44,49-51,55-56H,4-6,8,11,13-14,17,20,22-23,26-27,29-31,33-34,36-40,42-43,45-48H2,1-3H3,(H,54,57)/b10-7+,12-9+,18-15+,19-16+,24-21-,28-25+,35-32+,44-41+. The molecule has 0 spiro atoms. The number of allylic oxidation sites excluding steroid dienone is 15. The van der Waals surface area contributed by atoms with Crippen LogP contribution in [0.4, 0.5) is 0 Å². The zero-order chi connectivity index (χ0) is 43.1. The maximum atomic E-state index is 13.1. The number of carbonyl (C=O) groups is 2. The molecular formula is C53H89NO5. The Morgan fingerprint density at radius 2 is 1.02 bits per heavy atom. The van der Waals surface area contributed by atoms with E-state index in [2.05, 4.69) is 111 Å². The second-order valence-electron chi connectivity index (χ2n) is 15.8. The van der Waals surface area contributed by atoms with E-state index in [4.69, 9.17) is 4.74 Å². The van der Waals surface area contributed by atoms with Crippen LogP contribution >= 0.6 is 0 Å². The Balaban J connectivity index is 4.79. The smallest absolute Gasteiger partial charge is 0.306 e. The number of aliphatic hydroxyl groups excluding tert-OH is 2. The Bertz CT molecular complexity index is 1190. The molecule has 0 fully saturated rings. The fraction of sp³-hybridized carbons (Fsp3) is 0.660. The summed E-state index contributed by atoms with van der Waals surface area (Å²) in [5.74, 6) is -0.662. The molecule has 0 radical (unpaired) electrons. The van der Waals surface area contributed by atoms with Crippen LogP contribution < -0.4 is 5.32 Å². The van der Waals surface area contributed by atoms with Crippen molar-refractivity contribution in [3.05, 3.63) is 97.2 Å². The first-order valence-corrected chi connectivity index (χ1v) is 24.0. The molecule has 0 aromatic carbocycles. The van der Waals surface area contributed by atoms with Gasteiger partial charge in [-0.15, -0.1) is 0 Å². The highest BCUT2D eigenvalue weighted by Gasteiger charge is 2.23. The Labute approximate surface area is 363 Å². The van der Waals surface area contributed by atoms with Crippen molar-refractivity contribution < 1.29 is 24.5 Å². The monoisotopic (exact) mass is 820 g/mol. The summed E-state index contributed by atoms with van der Waals surface area (Å²) in [5.41, 5.74) is 0. The number of unbranched alkanes of at least 4 members (excludes halogenated alkanes) is 17. The molecular weight excluding hydrogens is 731 g/mol. The van der Waals surface area contributed by atoms with Crippen molar-refractivity contribution >= 4 is 11.9 Å². The Kier molecular flexibility index (Phi) is 43.4.